The monoisotopic (exact) mass is 421 g/mol. The molecule has 3 amide bonds. The zero-order chi connectivity index (χ0) is 19.9. The Morgan fingerprint density at radius 1 is 1.25 bits per heavy atom. The van der Waals surface area contributed by atoms with Crippen LogP contribution in [-0.4, -0.2) is 41.3 Å². The number of hydrogen-bond donors (Lipinski definition) is 2. The summed E-state index contributed by atoms with van der Waals surface area (Å²) >= 11 is 2.77. The van der Waals surface area contributed by atoms with E-state index in [9.17, 15) is 14.4 Å². The Labute approximate surface area is 171 Å². The number of hydrogen-bond acceptors (Lipinski definition) is 7. The lowest BCUT2D eigenvalue weighted by molar-refractivity contribution is -0.145. The van der Waals surface area contributed by atoms with Gasteiger partial charge in [0.05, 0.1) is 16.0 Å². The fraction of sp³-hybridized carbons (Fsp3) is 0.474. The van der Waals surface area contributed by atoms with Gasteiger partial charge in [0.1, 0.15) is 0 Å². The van der Waals surface area contributed by atoms with Gasteiger partial charge in [0, 0.05) is 6.04 Å². The molecule has 1 heterocycles. The molecule has 0 saturated heterocycles. The minimum Gasteiger partial charge on any atom is -0.455 e. The number of amides is 3. The van der Waals surface area contributed by atoms with Crippen molar-refractivity contribution >= 4 is 51.2 Å². The standard InChI is InChI=1S/C19H23N3O4S2/c1-12-6-2-3-7-13(12)20-18(25)22-16(23)10-26-17(24)11-27-19-21-14-8-4-5-9-15(14)28-19/h4-5,8-9,12-13H,2-3,6-7,10-11H2,1H3,(H2,20,22,23,25). The maximum Gasteiger partial charge on any atom is 0.321 e. The second-order valence-corrected chi connectivity index (χ2v) is 9.04. The summed E-state index contributed by atoms with van der Waals surface area (Å²) in [4.78, 5) is 40.0. The molecule has 3 rings (SSSR count). The molecule has 0 aliphatic heterocycles. The molecular formula is C19H23N3O4S2. The molecule has 0 spiro atoms. The highest BCUT2D eigenvalue weighted by Gasteiger charge is 2.23. The van der Waals surface area contributed by atoms with Crippen LogP contribution in [-0.2, 0) is 14.3 Å². The highest BCUT2D eigenvalue weighted by Crippen LogP contribution is 2.29. The third-order valence-corrected chi connectivity index (χ3v) is 6.79. The van der Waals surface area contributed by atoms with E-state index in [0.717, 1.165) is 33.8 Å². The first-order valence-corrected chi connectivity index (χ1v) is 11.1. The third kappa shape index (κ3) is 5.93. The number of para-hydroxylation sites is 1. The average molecular weight is 422 g/mol. The lowest BCUT2D eigenvalue weighted by Crippen LogP contribution is -2.48. The van der Waals surface area contributed by atoms with Crippen LogP contribution in [0.5, 0.6) is 0 Å². The molecule has 2 aromatic rings. The fourth-order valence-corrected chi connectivity index (χ4v) is 4.99. The summed E-state index contributed by atoms with van der Waals surface area (Å²) in [6.07, 6.45) is 4.24. The van der Waals surface area contributed by atoms with Crippen molar-refractivity contribution in [1.29, 1.82) is 0 Å². The van der Waals surface area contributed by atoms with Crippen molar-refractivity contribution in [3.05, 3.63) is 24.3 Å². The van der Waals surface area contributed by atoms with Crippen molar-refractivity contribution in [2.24, 2.45) is 5.92 Å². The fourth-order valence-electron chi connectivity index (χ4n) is 3.12. The van der Waals surface area contributed by atoms with Gasteiger partial charge in [-0.05, 0) is 30.9 Å². The second-order valence-electron chi connectivity index (χ2n) is 6.79. The minimum atomic E-state index is -0.640. The van der Waals surface area contributed by atoms with Gasteiger partial charge in [0.25, 0.3) is 5.91 Å². The molecule has 1 fully saturated rings. The average Bonchev–Trinajstić information content (AvgIpc) is 3.09. The Hall–Kier alpha value is -2.13. The lowest BCUT2D eigenvalue weighted by atomic mass is 9.86. The Morgan fingerprint density at radius 2 is 2.04 bits per heavy atom. The number of thioether (sulfide) groups is 1. The highest BCUT2D eigenvalue weighted by atomic mass is 32.2. The van der Waals surface area contributed by atoms with E-state index in [2.05, 4.69) is 22.5 Å². The zero-order valence-electron chi connectivity index (χ0n) is 15.6. The molecule has 2 atom stereocenters. The van der Waals surface area contributed by atoms with Crippen LogP contribution in [0.25, 0.3) is 10.2 Å². The summed E-state index contributed by atoms with van der Waals surface area (Å²) in [5.41, 5.74) is 0.890. The highest BCUT2D eigenvalue weighted by molar-refractivity contribution is 8.01. The summed E-state index contributed by atoms with van der Waals surface area (Å²) in [5, 5.41) is 5.04. The summed E-state index contributed by atoms with van der Waals surface area (Å²) in [7, 11) is 0. The van der Waals surface area contributed by atoms with E-state index < -0.39 is 24.5 Å². The van der Waals surface area contributed by atoms with E-state index >= 15 is 0 Å². The molecule has 1 aromatic heterocycles. The molecular weight excluding hydrogens is 398 g/mol. The second kappa shape index (κ2) is 9.88. The number of ether oxygens (including phenoxy) is 1. The SMILES string of the molecule is CC1CCCCC1NC(=O)NC(=O)COC(=O)CSc1nc2ccccc2s1. The zero-order valence-corrected chi connectivity index (χ0v) is 17.2. The first-order chi connectivity index (χ1) is 13.5. The van der Waals surface area contributed by atoms with Crippen molar-refractivity contribution in [3.8, 4) is 0 Å². The molecule has 9 heteroatoms. The Bertz CT molecular complexity index is 822. The number of benzene rings is 1. The third-order valence-electron chi connectivity index (χ3n) is 4.63. The predicted molar refractivity (Wildman–Crippen MR) is 109 cm³/mol. The van der Waals surface area contributed by atoms with Gasteiger partial charge in [-0.2, -0.15) is 0 Å². The predicted octanol–water partition coefficient (Wildman–Crippen LogP) is 3.34. The van der Waals surface area contributed by atoms with E-state index in [1.807, 2.05) is 24.3 Å². The number of esters is 1. The number of carbonyl (C=O) groups excluding carboxylic acids is 3. The molecule has 1 aromatic carbocycles. The van der Waals surface area contributed by atoms with Crippen molar-refractivity contribution < 1.29 is 19.1 Å². The number of carbonyl (C=O) groups is 3. The smallest absolute Gasteiger partial charge is 0.321 e. The molecule has 7 nitrogen and oxygen atoms in total. The van der Waals surface area contributed by atoms with Crippen LogP contribution in [0.4, 0.5) is 4.79 Å². The van der Waals surface area contributed by atoms with Gasteiger partial charge in [0.2, 0.25) is 0 Å². The molecule has 2 N–H and O–H groups in total. The Morgan fingerprint density at radius 3 is 2.82 bits per heavy atom. The number of imide groups is 1. The topological polar surface area (TPSA) is 97.4 Å². The number of rotatable bonds is 6. The van der Waals surface area contributed by atoms with Crippen LogP contribution >= 0.6 is 23.1 Å². The van der Waals surface area contributed by atoms with E-state index in [4.69, 9.17) is 4.74 Å². The van der Waals surface area contributed by atoms with Crippen LogP contribution in [0, 0.1) is 5.92 Å². The van der Waals surface area contributed by atoms with Gasteiger partial charge in [-0.25, -0.2) is 9.78 Å². The summed E-state index contributed by atoms with van der Waals surface area (Å²) in [6.45, 7) is 1.61. The minimum absolute atomic E-state index is 0.0545. The molecule has 1 aliphatic rings. The molecule has 1 saturated carbocycles. The van der Waals surface area contributed by atoms with Gasteiger partial charge in [-0.15, -0.1) is 11.3 Å². The maximum atomic E-state index is 11.9. The number of urea groups is 1. The van der Waals surface area contributed by atoms with Crippen LogP contribution in [0.2, 0.25) is 0 Å². The number of aromatic nitrogens is 1. The quantitative estimate of drug-likeness (QED) is 0.548. The molecule has 1 aliphatic carbocycles. The van der Waals surface area contributed by atoms with Crippen molar-refractivity contribution in [2.45, 2.75) is 43.0 Å². The van der Waals surface area contributed by atoms with Crippen molar-refractivity contribution in [3.63, 3.8) is 0 Å². The van der Waals surface area contributed by atoms with Crippen LogP contribution in [0.1, 0.15) is 32.6 Å². The maximum absolute atomic E-state index is 11.9. The van der Waals surface area contributed by atoms with Gasteiger partial charge >= 0.3 is 12.0 Å². The molecule has 2 unspecified atom stereocenters. The molecule has 150 valence electrons. The Kier molecular flexibility index (Phi) is 7.27. The van der Waals surface area contributed by atoms with Gasteiger partial charge in [0.15, 0.2) is 10.9 Å². The molecule has 0 radical (unpaired) electrons. The largest absolute Gasteiger partial charge is 0.455 e. The lowest BCUT2D eigenvalue weighted by Gasteiger charge is -2.29. The summed E-state index contributed by atoms with van der Waals surface area (Å²) in [6, 6.07) is 7.27. The van der Waals surface area contributed by atoms with Gasteiger partial charge < -0.3 is 10.1 Å². The van der Waals surface area contributed by atoms with E-state index in [-0.39, 0.29) is 11.8 Å². The number of fused-ring (bicyclic) bond motifs is 1. The van der Waals surface area contributed by atoms with Crippen molar-refractivity contribution in [2.75, 3.05) is 12.4 Å². The van der Waals surface area contributed by atoms with E-state index in [1.165, 1.54) is 29.5 Å². The summed E-state index contributed by atoms with van der Waals surface area (Å²) in [5.74, 6) is -0.717. The first kappa shape index (κ1) is 20.6. The summed E-state index contributed by atoms with van der Waals surface area (Å²) < 4.78 is 6.76. The van der Waals surface area contributed by atoms with Gasteiger partial charge in [-0.1, -0.05) is 43.7 Å². The normalized spacial score (nSPS) is 19.2. The van der Waals surface area contributed by atoms with Crippen LogP contribution in [0.15, 0.2) is 28.6 Å². The number of nitrogens with zero attached hydrogens (tertiary/aromatic N) is 1. The molecule has 28 heavy (non-hydrogen) atoms. The van der Waals surface area contributed by atoms with Crippen LogP contribution in [0.3, 0.4) is 0 Å². The van der Waals surface area contributed by atoms with Crippen LogP contribution < -0.4 is 10.6 Å². The molecule has 0 bridgehead atoms. The number of nitrogens with one attached hydrogen (secondary N) is 2. The van der Waals surface area contributed by atoms with Crippen molar-refractivity contribution in [1.82, 2.24) is 15.6 Å². The first-order valence-electron chi connectivity index (χ1n) is 9.25. The number of thiazole rings is 1. The Balaban J connectivity index is 1.35. The van der Waals surface area contributed by atoms with Gasteiger partial charge in [-0.3, -0.25) is 14.9 Å². The van der Waals surface area contributed by atoms with E-state index in [1.54, 1.807) is 0 Å². The van der Waals surface area contributed by atoms with E-state index in [0.29, 0.717) is 5.92 Å².